The molecule has 1 N–H and O–H groups in total. The number of fused-ring (bicyclic) bond motifs is 1. The molecule has 2 rings (SSSR count). The van der Waals surface area contributed by atoms with Crippen molar-refractivity contribution in [3.63, 3.8) is 0 Å². The standard InChI is InChI=1S/C12H15Cl2N3O2S/c1-8(13)12-16-10-7-9(14)3-4-11(10)17(12)6-5-15-20(2,18)19/h3-4,7-8,15H,5-6H2,1-2H3. The maximum atomic E-state index is 11.1. The second kappa shape index (κ2) is 5.89. The van der Waals surface area contributed by atoms with Gasteiger partial charge in [0.15, 0.2) is 0 Å². The fourth-order valence-corrected chi connectivity index (χ4v) is 2.80. The SMILES string of the molecule is CC(Cl)c1nc2cc(Cl)ccc2n1CCNS(C)(=O)=O. The van der Waals surface area contributed by atoms with Crippen molar-refractivity contribution in [2.45, 2.75) is 18.8 Å². The Hall–Kier alpha value is -0.820. The van der Waals surface area contributed by atoms with Gasteiger partial charge in [-0.3, -0.25) is 0 Å². The van der Waals surface area contributed by atoms with Gasteiger partial charge in [-0.05, 0) is 25.1 Å². The van der Waals surface area contributed by atoms with Crippen molar-refractivity contribution in [3.05, 3.63) is 29.0 Å². The van der Waals surface area contributed by atoms with E-state index in [1.165, 1.54) is 0 Å². The van der Waals surface area contributed by atoms with Gasteiger partial charge in [0.1, 0.15) is 5.82 Å². The summed E-state index contributed by atoms with van der Waals surface area (Å²) in [6.45, 7) is 2.56. The topological polar surface area (TPSA) is 64.0 Å². The first-order valence-electron chi connectivity index (χ1n) is 6.02. The number of hydrogen-bond donors (Lipinski definition) is 1. The van der Waals surface area contributed by atoms with Crippen LogP contribution in [0.3, 0.4) is 0 Å². The second-order valence-electron chi connectivity index (χ2n) is 4.54. The van der Waals surface area contributed by atoms with Gasteiger partial charge in [-0.25, -0.2) is 18.1 Å². The Morgan fingerprint density at radius 3 is 2.75 bits per heavy atom. The number of alkyl halides is 1. The average Bonchev–Trinajstić information content (AvgIpc) is 2.66. The number of nitrogens with zero attached hydrogens (tertiary/aromatic N) is 2. The van der Waals surface area contributed by atoms with Crippen molar-refractivity contribution in [1.29, 1.82) is 0 Å². The van der Waals surface area contributed by atoms with Gasteiger partial charge in [0, 0.05) is 18.1 Å². The maximum absolute atomic E-state index is 11.1. The largest absolute Gasteiger partial charge is 0.325 e. The van der Waals surface area contributed by atoms with E-state index in [4.69, 9.17) is 23.2 Å². The van der Waals surface area contributed by atoms with Crippen LogP contribution in [0.15, 0.2) is 18.2 Å². The Labute approximate surface area is 127 Å². The van der Waals surface area contributed by atoms with Gasteiger partial charge in [-0.1, -0.05) is 11.6 Å². The molecule has 0 aliphatic rings. The van der Waals surface area contributed by atoms with Gasteiger partial charge in [0.25, 0.3) is 0 Å². The summed E-state index contributed by atoms with van der Waals surface area (Å²) in [5.74, 6) is 0.694. The monoisotopic (exact) mass is 335 g/mol. The van der Waals surface area contributed by atoms with Crippen LogP contribution in [0.1, 0.15) is 18.1 Å². The molecule has 1 aromatic heterocycles. The number of nitrogens with one attached hydrogen (secondary N) is 1. The van der Waals surface area contributed by atoms with Gasteiger partial charge in [-0.2, -0.15) is 0 Å². The molecule has 0 spiro atoms. The fraction of sp³-hybridized carbons (Fsp3) is 0.417. The summed E-state index contributed by atoms with van der Waals surface area (Å²) in [5, 5.41) is 0.324. The maximum Gasteiger partial charge on any atom is 0.208 e. The Bertz CT molecular complexity index is 726. The number of rotatable bonds is 5. The highest BCUT2D eigenvalue weighted by atomic mass is 35.5. The lowest BCUT2D eigenvalue weighted by atomic mass is 10.3. The lowest BCUT2D eigenvalue weighted by Gasteiger charge is -2.10. The van der Waals surface area contributed by atoms with Gasteiger partial charge in [0.2, 0.25) is 10.0 Å². The Morgan fingerprint density at radius 2 is 2.15 bits per heavy atom. The smallest absolute Gasteiger partial charge is 0.208 e. The van der Waals surface area contributed by atoms with E-state index in [1.54, 1.807) is 12.1 Å². The molecule has 2 aromatic rings. The van der Waals surface area contributed by atoms with Gasteiger partial charge in [-0.15, -0.1) is 11.6 Å². The molecule has 0 amide bonds. The Morgan fingerprint density at radius 1 is 1.45 bits per heavy atom. The second-order valence-corrected chi connectivity index (χ2v) is 7.46. The van der Waals surface area contributed by atoms with Crippen LogP contribution in [0.4, 0.5) is 0 Å². The minimum absolute atomic E-state index is 0.278. The zero-order valence-corrected chi connectivity index (χ0v) is 13.4. The fourth-order valence-electron chi connectivity index (χ4n) is 2.00. The third kappa shape index (κ3) is 3.63. The molecule has 0 bridgehead atoms. The van der Waals surface area contributed by atoms with E-state index in [0.717, 1.165) is 17.3 Å². The average molecular weight is 336 g/mol. The highest BCUT2D eigenvalue weighted by molar-refractivity contribution is 7.88. The third-order valence-corrected chi connectivity index (χ3v) is 3.95. The normalized spacial score (nSPS) is 13.8. The first-order valence-corrected chi connectivity index (χ1v) is 8.73. The quantitative estimate of drug-likeness (QED) is 0.854. The molecule has 110 valence electrons. The Balaban J connectivity index is 2.36. The van der Waals surface area contributed by atoms with Crippen LogP contribution in [0.25, 0.3) is 11.0 Å². The Kier molecular flexibility index (Phi) is 4.59. The van der Waals surface area contributed by atoms with Crippen LogP contribution in [-0.4, -0.2) is 30.8 Å². The van der Waals surface area contributed by atoms with Crippen molar-refractivity contribution in [2.24, 2.45) is 0 Å². The number of halogens is 2. The number of imidazole rings is 1. The summed E-state index contributed by atoms with van der Waals surface area (Å²) in [5.41, 5.74) is 1.63. The summed E-state index contributed by atoms with van der Waals surface area (Å²) >= 11 is 12.1. The number of aromatic nitrogens is 2. The first kappa shape index (κ1) is 15.6. The zero-order chi connectivity index (χ0) is 14.9. The van der Waals surface area contributed by atoms with E-state index in [0.29, 0.717) is 17.4 Å². The summed E-state index contributed by atoms with van der Waals surface area (Å²) in [6.07, 6.45) is 1.13. The molecular weight excluding hydrogens is 321 g/mol. The summed E-state index contributed by atoms with van der Waals surface area (Å²) in [4.78, 5) is 4.46. The van der Waals surface area contributed by atoms with E-state index in [-0.39, 0.29) is 11.9 Å². The van der Waals surface area contributed by atoms with Crippen LogP contribution < -0.4 is 4.72 Å². The van der Waals surface area contributed by atoms with Crippen LogP contribution in [0.2, 0.25) is 5.02 Å². The molecule has 0 fully saturated rings. The van der Waals surface area contributed by atoms with E-state index in [2.05, 4.69) is 9.71 Å². The number of hydrogen-bond acceptors (Lipinski definition) is 3. The minimum atomic E-state index is -3.21. The minimum Gasteiger partial charge on any atom is -0.325 e. The lowest BCUT2D eigenvalue weighted by molar-refractivity contribution is 0.577. The molecule has 0 aliphatic carbocycles. The van der Waals surface area contributed by atoms with Gasteiger partial charge in [0.05, 0.1) is 22.7 Å². The van der Waals surface area contributed by atoms with Crippen LogP contribution in [0.5, 0.6) is 0 Å². The summed E-state index contributed by atoms with van der Waals surface area (Å²) in [7, 11) is -3.21. The van der Waals surface area contributed by atoms with Gasteiger partial charge >= 0.3 is 0 Å². The molecule has 1 aromatic carbocycles. The predicted molar refractivity (Wildman–Crippen MR) is 81.9 cm³/mol. The molecule has 1 heterocycles. The van der Waals surface area contributed by atoms with Crippen LogP contribution in [0, 0.1) is 0 Å². The van der Waals surface area contributed by atoms with Crippen molar-refractivity contribution in [2.75, 3.05) is 12.8 Å². The summed E-state index contributed by atoms with van der Waals surface area (Å²) in [6, 6.07) is 5.39. The third-order valence-electron chi connectivity index (χ3n) is 2.80. The molecule has 0 saturated carbocycles. The zero-order valence-electron chi connectivity index (χ0n) is 11.1. The molecule has 0 aliphatic heterocycles. The van der Waals surface area contributed by atoms with Gasteiger partial charge < -0.3 is 4.57 Å². The molecule has 0 radical (unpaired) electrons. The molecule has 8 heteroatoms. The van der Waals surface area contributed by atoms with Crippen LogP contribution >= 0.6 is 23.2 Å². The van der Waals surface area contributed by atoms with E-state index >= 15 is 0 Å². The van der Waals surface area contributed by atoms with Crippen molar-refractivity contribution in [1.82, 2.24) is 14.3 Å². The predicted octanol–water partition coefficient (Wildman–Crippen LogP) is 2.54. The lowest BCUT2D eigenvalue weighted by Crippen LogP contribution is -2.26. The first-order chi connectivity index (χ1) is 9.28. The highest BCUT2D eigenvalue weighted by Crippen LogP contribution is 2.26. The van der Waals surface area contributed by atoms with Crippen molar-refractivity contribution in [3.8, 4) is 0 Å². The van der Waals surface area contributed by atoms with Crippen LogP contribution in [-0.2, 0) is 16.6 Å². The molecular formula is C12H15Cl2N3O2S. The van der Waals surface area contributed by atoms with Crippen molar-refractivity contribution < 1.29 is 8.42 Å². The van der Waals surface area contributed by atoms with E-state index < -0.39 is 10.0 Å². The number of sulfonamides is 1. The number of benzene rings is 1. The molecule has 5 nitrogen and oxygen atoms in total. The summed E-state index contributed by atoms with van der Waals surface area (Å²) < 4.78 is 26.6. The molecule has 1 atom stereocenters. The highest BCUT2D eigenvalue weighted by Gasteiger charge is 2.15. The van der Waals surface area contributed by atoms with E-state index in [1.807, 2.05) is 17.6 Å². The van der Waals surface area contributed by atoms with E-state index in [9.17, 15) is 8.42 Å². The van der Waals surface area contributed by atoms with Crippen molar-refractivity contribution >= 4 is 44.3 Å². The molecule has 0 saturated heterocycles. The molecule has 20 heavy (non-hydrogen) atoms. The molecule has 1 unspecified atom stereocenters.